The second-order valence-electron chi connectivity index (χ2n) is 6.36. The summed E-state index contributed by atoms with van der Waals surface area (Å²) in [5, 5.41) is 0.370. The number of nitrogens with zero attached hydrogens (tertiary/aromatic N) is 1. The summed E-state index contributed by atoms with van der Waals surface area (Å²) in [6.45, 7) is 8.29. The number of ether oxygens (including phenoxy) is 1. The summed E-state index contributed by atoms with van der Waals surface area (Å²) in [7, 11) is 0. The first-order chi connectivity index (χ1) is 14.7. The van der Waals surface area contributed by atoms with E-state index in [1.54, 1.807) is 23.9 Å². The summed E-state index contributed by atoms with van der Waals surface area (Å²) >= 11 is 1.68. The molecule has 3 aromatic carbocycles. The number of hydrogen-bond donors (Lipinski definition) is 0. The van der Waals surface area contributed by atoms with E-state index < -0.39 is 0 Å². The van der Waals surface area contributed by atoms with Crippen LogP contribution in [0.15, 0.2) is 88.8 Å². The van der Waals surface area contributed by atoms with Gasteiger partial charge in [-0.3, -0.25) is 4.99 Å². The number of hydrogen-bond acceptors (Lipinski definition) is 4. The second kappa shape index (κ2) is 12.7. The highest BCUT2D eigenvalue weighted by atomic mass is 32.2. The van der Waals surface area contributed by atoms with Gasteiger partial charge in [-0.15, -0.1) is 11.8 Å². The van der Waals surface area contributed by atoms with Crippen molar-refractivity contribution < 1.29 is 9.53 Å². The summed E-state index contributed by atoms with van der Waals surface area (Å²) < 4.78 is 5.58. The summed E-state index contributed by atoms with van der Waals surface area (Å²) in [6.07, 6.45) is 2.82. The van der Waals surface area contributed by atoms with Crippen LogP contribution in [-0.4, -0.2) is 17.4 Å². The van der Waals surface area contributed by atoms with Crippen LogP contribution in [0.25, 0.3) is 0 Å². The lowest BCUT2D eigenvalue weighted by Crippen LogP contribution is -2.12. The Hall–Kier alpha value is -2.85. The molecule has 0 heterocycles. The van der Waals surface area contributed by atoms with Crippen LogP contribution in [0.2, 0.25) is 0 Å². The van der Waals surface area contributed by atoms with Gasteiger partial charge in [-0.1, -0.05) is 76.2 Å². The monoisotopic (exact) mass is 419 g/mol. The summed E-state index contributed by atoms with van der Waals surface area (Å²) in [4.78, 5) is 18.3. The lowest BCUT2D eigenvalue weighted by molar-refractivity contribution is 0.0731. The summed E-state index contributed by atoms with van der Waals surface area (Å²) in [6, 6.07) is 24.6. The van der Waals surface area contributed by atoms with Crippen LogP contribution in [0.5, 0.6) is 5.75 Å². The van der Waals surface area contributed by atoms with Gasteiger partial charge in [0.25, 0.3) is 0 Å². The van der Waals surface area contributed by atoms with E-state index in [9.17, 15) is 4.79 Å². The molecular formula is C26H29NO2S. The molecule has 30 heavy (non-hydrogen) atoms. The smallest absolute Gasteiger partial charge is 0.344 e. The van der Waals surface area contributed by atoms with Gasteiger partial charge in [0.2, 0.25) is 0 Å². The van der Waals surface area contributed by atoms with Crippen molar-refractivity contribution in [3.63, 3.8) is 0 Å². The summed E-state index contributed by atoms with van der Waals surface area (Å²) in [5.41, 5.74) is 2.35. The average Bonchev–Trinajstić information content (AvgIpc) is 2.80. The Labute approximate surface area is 184 Å². The van der Waals surface area contributed by atoms with Gasteiger partial charge >= 0.3 is 5.97 Å². The first kappa shape index (κ1) is 23.4. The number of benzene rings is 3. The van der Waals surface area contributed by atoms with Crippen molar-refractivity contribution in [1.29, 1.82) is 0 Å². The molecule has 0 amide bonds. The summed E-state index contributed by atoms with van der Waals surface area (Å²) in [5.74, 6) is 0.183. The third-order valence-corrected chi connectivity index (χ3v) is 5.65. The molecule has 0 aliphatic carbocycles. The molecule has 0 aliphatic heterocycles. The van der Waals surface area contributed by atoms with E-state index in [0.29, 0.717) is 16.6 Å². The quantitative estimate of drug-likeness (QED) is 0.171. The Morgan fingerprint density at radius 3 is 2.23 bits per heavy atom. The van der Waals surface area contributed by atoms with Gasteiger partial charge in [0.1, 0.15) is 5.75 Å². The van der Waals surface area contributed by atoms with Crippen LogP contribution in [0.1, 0.15) is 50.0 Å². The third-order valence-electron chi connectivity index (χ3n) is 4.22. The Morgan fingerprint density at radius 1 is 0.967 bits per heavy atom. The normalized spacial score (nSPS) is 11.5. The molecule has 0 fully saturated rings. The number of para-hydroxylation sites is 2. The predicted octanol–water partition coefficient (Wildman–Crippen LogP) is 7.57. The molecule has 3 aromatic rings. The van der Waals surface area contributed by atoms with E-state index in [2.05, 4.69) is 18.8 Å². The SMILES string of the molecule is CC.CCC(C)Sc1c(C=Nc2ccccc2)cccc1C(=O)Oc1ccccc1. The molecule has 1 atom stereocenters. The number of aliphatic imine (C=N–C) groups is 1. The molecule has 0 radical (unpaired) electrons. The highest BCUT2D eigenvalue weighted by molar-refractivity contribution is 8.00. The Bertz CT molecular complexity index is 940. The molecule has 0 N–H and O–H groups in total. The molecule has 0 saturated carbocycles. The first-order valence-corrected chi connectivity index (χ1v) is 11.2. The molecule has 0 aromatic heterocycles. The van der Waals surface area contributed by atoms with Crippen LogP contribution in [-0.2, 0) is 0 Å². The van der Waals surface area contributed by atoms with Gasteiger partial charge in [0, 0.05) is 21.9 Å². The largest absolute Gasteiger partial charge is 0.423 e. The van der Waals surface area contributed by atoms with Gasteiger partial charge in [0.15, 0.2) is 0 Å². The van der Waals surface area contributed by atoms with Gasteiger partial charge < -0.3 is 4.74 Å². The van der Waals surface area contributed by atoms with Crippen molar-refractivity contribution >= 4 is 29.6 Å². The number of carbonyl (C=O) groups is 1. The Balaban J connectivity index is 0.00000155. The fourth-order valence-corrected chi connectivity index (χ4v) is 3.65. The maximum atomic E-state index is 12.9. The van der Waals surface area contributed by atoms with Crippen LogP contribution >= 0.6 is 11.8 Å². The number of carbonyl (C=O) groups excluding carboxylic acids is 1. The molecule has 3 nitrogen and oxygen atoms in total. The van der Waals surface area contributed by atoms with Gasteiger partial charge in [-0.2, -0.15) is 0 Å². The van der Waals surface area contributed by atoms with Crippen LogP contribution in [0.3, 0.4) is 0 Å². The van der Waals surface area contributed by atoms with Crippen LogP contribution < -0.4 is 4.74 Å². The number of rotatable bonds is 7. The number of esters is 1. The molecule has 0 aliphatic rings. The van der Waals surface area contributed by atoms with E-state index in [-0.39, 0.29) is 5.97 Å². The standard InChI is InChI=1S/C24H23NO2S.C2H6/c1-3-18(2)28-23-19(17-25-20-12-6-4-7-13-20)11-10-16-22(23)24(26)27-21-14-8-5-9-15-21;1-2/h4-18H,3H2,1-2H3;1-2H3. The molecule has 156 valence electrons. The number of thioether (sulfide) groups is 1. The zero-order valence-corrected chi connectivity index (χ0v) is 18.9. The van der Waals surface area contributed by atoms with Crippen molar-refractivity contribution in [3.8, 4) is 5.75 Å². The average molecular weight is 420 g/mol. The predicted molar refractivity (Wildman–Crippen MR) is 128 cm³/mol. The minimum absolute atomic E-state index is 0.355. The molecule has 0 bridgehead atoms. The van der Waals surface area contributed by atoms with E-state index in [4.69, 9.17) is 4.74 Å². The highest BCUT2D eigenvalue weighted by Gasteiger charge is 2.18. The zero-order chi connectivity index (χ0) is 21.8. The third kappa shape index (κ3) is 6.89. The van der Waals surface area contributed by atoms with E-state index >= 15 is 0 Å². The highest BCUT2D eigenvalue weighted by Crippen LogP contribution is 2.32. The first-order valence-electron chi connectivity index (χ1n) is 10.3. The molecule has 0 spiro atoms. The maximum absolute atomic E-state index is 12.9. The lowest BCUT2D eigenvalue weighted by atomic mass is 10.1. The van der Waals surface area contributed by atoms with Crippen molar-refractivity contribution in [2.45, 2.75) is 44.3 Å². The minimum Gasteiger partial charge on any atom is -0.423 e. The van der Waals surface area contributed by atoms with Crippen molar-refractivity contribution in [2.24, 2.45) is 4.99 Å². The van der Waals surface area contributed by atoms with E-state index in [1.165, 1.54) is 0 Å². The molecule has 1 unspecified atom stereocenters. The molecular weight excluding hydrogens is 390 g/mol. The van der Waals surface area contributed by atoms with Crippen LogP contribution in [0.4, 0.5) is 5.69 Å². The van der Waals surface area contributed by atoms with Crippen molar-refractivity contribution in [3.05, 3.63) is 90.0 Å². The Kier molecular flexibility index (Phi) is 9.88. The van der Waals surface area contributed by atoms with Gasteiger partial charge in [-0.05, 0) is 36.8 Å². The fraction of sp³-hybridized carbons (Fsp3) is 0.231. The fourth-order valence-electron chi connectivity index (χ4n) is 2.54. The second-order valence-corrected chi connectivity index (χ2v) is 7.81. The Morgan fingerprint density at radius 2 is 1.60 bits per heavy atom. The molecule has 3 rings (SSSR count). The lowest BCUT2D eigenvalue weighted by Gasteiger charge is -2.15. The zero-order valence-electron chi connectivity index (χ0n) is 18.0. The molecule has 0 saturated heterocycles. The topological polar surface area (TPSA) is 38.7 Å². The van der Waals surface area contributed by atoms with Gasteiger partial charge in [-0.25, -0.2) is 4.79 Å². The van der Waals surface area contributed by atoms with Crippen molar-refractivity contribution in [1.82, 2.24) is 0 Å². The van der Waals surface area contributed by atoms with E-state index in [1.807, 2.05) is 86.8 Å². The minimum atomic E-state index is -0.355. The maximum Gasteiger partial charge on any atom is 0.344 e. The van der Waals surface area contributed by atoms with Crippen LogP contribution in [0, 0.1) is 0 Å². The van der Waals surface area contributed by atoms with Crippen molar-refractivity contribution in [2.75, 3.05) is 0 Å². The van der Waals surface area contributed by atoms with Gasteiger partial charge in [0.05, 0.1) is 11.3 Å². The molecule has 4 heteroatoms. The van der Waals surface area contributed by atoms with E-state index in [0.717, 1.165) is 22.6 Å².